The maximum absolute atomic E-state index is 12.2. The Kier molecular flexibility index (Phi) is 9.49. The Morgan fingerprint density at radius 1 is 1.23 bits per heavy atom. The number of nitrogens with zero attached hydrogens (tertiary/aromatic N) is 4. The van der Waals surface area contributed by atoms with Gasteiger partial charge in [-0.3, -0.25) is 4.79 Å². The van der Waals surface area contributed by atoms with Gasteiger partial charge in [0.15, 0.2) is 5.82 Å². The zero-order chi connectivity index (χ0) is 24.9. The molecule has 1 amide bonds. The van der Waals surface area contributed by atoms with Crippen LogP contribution < -0.4 is 25.0 Å². The van der Waals surface area contributed by atoms with Crippen LogP contribution in [0.2, 0.25) is 0 Å². The molecule has 0 unspecified atom stereocenters. The fourth-order valence-corrected chi connectivity index (χ4v) is 3.53. The van der Waals surface area contributed by atoms with Gasteiger partial charge in [0.25, 0.3) is 0 Å². The van der Waals surface area contributed by atoms with Crippen LogP contribution in [0.15, 0.2) is 18.3 Å². The van der Waals surface area contributed by atoms with E-state index in [4.69, 9.17) is 4.74 Å². The lowest BCUT2D eigenvalue weighted by Crippen LogP contribution is -2.40. The summed E-state index contributed by atoms with van der Waals surface area (Å²) in [5, 5.41) is 6.11. The molecule has 1 aliphatic heterocycles. The fraction of sp³-hybridized carbons (Fsp3) is 0.565. The highest BCUT2D eigenvalue weighted by Gasteiger charge is 2.32. The highest BCUT2D eigenvalue weighted by atomic mass is 19.4. The molecule has 0 spiro atoms. The summed E-state index contributed by atoms with van der Waals surface area (Å²) in [5.41, 5.74) is 1.32. The van der Waals surface area contributed by atoms with E-state index in [2.05, 4.69) is 44.2 Å². The molecule has 2 aromatic rings. The molecule has 194 valence electrons. The van der Waals surface area contributed by atoms with E-state index >= 15 is 0 Å². The van der Waals surface area contributed by atoms with Crippen molar-refractivity contribution in [1.29, 1.82) is 0 Å². The van der Waals surface area contributed by atoms with E-state index in [-0.39, 0.29) is 25.9 Å². The second-order valence-corrected chi connectivity index (χ2v) is 8.31. The van der Waals surface area contributed by atoms with Gasteiger partial charge < -0.3 is 25.0 Å². The highest BCUT2D eigenvalue weighted by molar-refractivity contribution is 6.00. The molecule has 35 heavy (non-hydrogen) atoms. The van der Waals surface area contributed by atoms with Crippen molar-refractivity contribution >= 4 is 23.4 Å². The summed E-state index contributed by atoms with van der Waals surface area (Å²) in [6.07, 6.45) is -0.634. The molecule has 0 bridgehead atoms. The maximum Gasteiger partial charge on any atom is 0.574 e. The standard InChI is InChI=1S/C19H21F3N6O3.C3H8.CH4/c1-10-16-17(28(2)8-14(29)26-16)27-18(24-10)25-12-5-11(6-12)9-30-13-3-4-15(23-7-13)31-19(20,21)22;1-3-2;/h3-4,7,11-12H,5-6,8-9H2,1-2H3,(H,26,29)(H,24,25,27);3H2,1-2H3;1H4. The van der Waals surface area contributed by atoms with Crippen molar-refractivity contribution in [3.8, 4) is 11.6 Å². The number of nitrogens with one attached hydrogen (secondary N) is 2. The summed E-state index contributed by atoms with van der Waals surface area (Å²) in [5.74, 6) is 1.24. The van der Waals surface area contributed by atoms with Crippen LogP contribution in [0.3, 0.4) is 0 Å². The molecule has 0 atom stereocenters. The Morgan fingerprint density at radius 2 is 1.91 bits per heavy atom. The first-order valence-corrected chi connectivity index (χ1v) is 11.1. The van der Waals surface area contributed by atoms with E-state index in [1.807, 2.05) is 6.92 Å². The Balaban J connectivity index is 0.00000103. The summed E-state index contributed by atoms with van der Waals surface area (Å²) < 4.78 is 45.8. The zero-order valence-corrected chi connectivity index (χ0v) is 19.6. The topological polar surface area (TPSA) is 102 Å². The normalized spacial score (nSPS) is 18.6. The molecule has 2 N–H and O–H groups in total. The summed E-state index contributed by atoms with van der Waals surface area (Å²) in [7, 11) is 1.81. The number of pyridine rings is 1. The number of carbonyl (C=O) groups excluding carboxylic acids is 1. The highest BCUT2D eigenvalue weighted by Crippen LogP contribution is 2.33. The molecule has 2 aromatic heterocycles. The Labute approximate surface area is 203 Å². The minimum Gasteiger partial charge on any atom is -0.492 e. The number of aryl methyl sites for hydroxylation is 1. The predicted octanol–water partition coefficient (Wildman–Crippen LogP) is 4.79. The number of amides is 1. The second kappa shape index (κ2) is 11.9. The van der Waals surface area contributed by atoms with Crippen molar-refractivity contribution in [2.45, 2.75) is 59.9 Å². The monoisotopic (exact) mass is 498 g/mol. The predicted molar refractivity (Wildman–Crippen MR) is 128 cm³/mol. The lowest BCUT2D eigenvalue weighted by Gasteiger charge is -2.36. The number of hydrogen-bond donors (Lipinski definition) is 2. The zero-order valence-electron chi connectivity index (χ0n) is 19.6. The van der Waals surface area contributed by atoms with Crippen molar-refractivity contribution in [3.05, 3.63) is 24.0 Å². The van der Waals surface area contributed by atoms with Crippen LogP contribution in [-0.4, -0.2) is 53.5 Å². The van der Waals surface area contributed by atoms with E-state index in [9.17, 15) is 18.0 Å². The van der Waals surface area contributed by atoms with E-state index in [0.29, 0.717) is 41.4 Å². The average molecular weight is 499 g/mol. The van der Waals surface area contributed by atoms with Crippen molar-refractivity contribution < 1.29 is 27.4 Å². The summed E-state index contributed by atoms with van der Waals surface area (Å²) in [6.45, 7) is 6.74. The third kappa shape index (κ3) is 7.86. The number of hydrogen-bond acceptors (Lipinski definition) is 8. The Hall–Kier alpha value is -3.31. The molecule has 2 aliphatic rings. The van der Waals surface area contributed by atoms with Crippen LogP contribution in [-0.2, 0) is 4.79 Å². The third-order valence-corrected chi connectivity index (χ3v) is 5.06. The number of rotatable bonds is 6. The van der Waals surface area contributed by atoms with E-state index in [0.717, 1.165) is 18.9 Å². The van der Waals surface area contributed by atoms with Gasteiger partial charge in [0.1, 0.15) is 11.4 Å². The molecule has 9 nitrogen and oxygen atoms in total. The van der Waals surface area contributed by atoms with E-state index in [1.54, 1.807) is 11.9 Å². The van der Waals surface area contributed by atoms with Crippen molar-refractivity contribution in [2.24, 2.45) is 5.92 Å². The molecule has 0 aromatic carbocycles. The lowest BCUT2D eigenvalue weighted by molar-refractivity contribution is -0.276. The number of halogens is 3. The van der Waals surface area contributed by atoms with E-state index in [1.165, 1.54) is 18.7 Å². The number of alkyl halides is 3. The van der Waals surface area contributed by atoms with Crippen LogP contribution in [0.4, 0.5) is 30.6 Å². The summed E-state index contributed by atoms with van der Waals surface area (Å²) in [4.78, 5) is 26.0. The summed E-state index contributed by atoms with van der Waals surface area (Å²) >= 11 is 0. The van der Waals surface area contributed by atoms with Gasteiger partial charge in [0.2, 0.25) is 17.7 Å². The van der Waals surface area contributed by atoms with Gasteiger partial charge in [-0.2, -0.15) is 4.98 Å². The van der Waals surface area contributed by atoms with Gasteiger partial charge in [0, 0.05) is 19.2 Å². The van der Waals surface area contributed by atoms with Crippen molar-refractivity contribution in [1.82, 2.24) is 15.0 Å². The molecule has 4 rings (SSSR count). The fourth-order valence-electron chi connectivity index (χ4n) is 3.53. The first-order valence-electron chi connectivity index (χ1n) is 11.1. The van der Waals surface area contributed by atoms with Crippen LogP contribution in [0.1, 0.15) is 46.2 Å². The molecular weight excluding hydrogens is 465 g/mol. The lowest BCUT2D eigenvalue weighted by atomic mass is 9.81. The van der Waals surface area contributed by atoms with Crippen LogP contribution in [0.25, 0.3) is 0 Å². The quantitative estimate of drug-likeness (QED) is 0.586. The van der Waals surface area contributed by atoms with Gasteiger partial charge in [-0.15, -0.1) is 13.2 Å². The Morgan fingerprint density at radius 3 is 2.51 bits per heavy atom. The number of anilines is 3. The first kappa shape index (κ1) is 27.9. The number of carbonyl (C=O) groups is 1. The molecule has 3 heterocycles. The largest absolute Gasteiger partial charge is 0.574 e. The maximum atomic E-state index is 12.2. The first-order chi connectivity index (χ1) is 16.1. The molecule has 1 saturated carbocycles. The van der Waals surface area contributed by atoms with Gasteiger partial charge in [-0.05, 0) is 31.7 Å². The number of fused-ring (bicyclic) bond motifs is 1. The minimum atomic E-state index is -4.77. The van der Waals surface area contributed by atoms with E-state index < -0.39 is 12.2 Å². The Bertz CT molecular complexity index is 982. The van der Waals surface area contributed by atoms with Gasteiger partial charge in [-0.1, -0.05) is 27.7 Å². The second-order valence-electron chi connectivity index (χ2n) is 8.31. The molecule has 0 saturated heterocycles. The minimum absolute atomic E-state index is 0. The SMILES string of the molecule is C.CCC.Cc1nc(NC2CC(COc3ccc(OC(F)(F)F)nc3)C2)nc2c1NC(=O)CN2C. The number of likely N-dealkylation sites (N-methyl/N-ethyl adjacent to an activating group) is 1. The number of ether oxygens (including phenoxy) is 2. The van der Waals surface area contributed by atoms with Gasteiger partial charge in [0.05, 0.1) is 25.0 Å². The van der Waals surface area contributed by atoms with Crippen LogP contribution >= 0.6 is 0 Å². The van der Waals surface area contributed by atoms with Gasteiger partial charge >= 0.3 is 6.36 Å². The summed E-state index contributed by atoms with van der Waals surface area (Å²) in [6, 6.07) is 2.69. The van der Waals surface area contributed by atoms with Gasteiger partial charge in [-0.25, -0.2) is 9.97 Å². The number of aromatic nitrogens is 3. The smallest absolute Gasteiger partial charge is 0.492 e. The third-order valence-electron chi connectivity index (χ3n) is 5.06. The molecule has 1 fully saturated rings. The molecule has 0 radical (unpaired) electrons. The average Bonchev–Trinajstić information content (AvgIpc) is 2.71. The molecule has 12 heteroatoms. The van der Waals surface area contributed by atoms with Crippen LogP contribution in [0.5, 0.6) is 11.6 Å². The van der Waals surface area contributed by atoms with Crippen molar-refractivity contribution in [2.75, 3.05) is 35.7 Å². The van der Waals surface area contributed by atoms with Crippen LogP contribution in [0, 0.1) is 12.8 Å². The molecular formula is C23H33F3N6O3. The van der Waals surface area contributed by atoms with Crippen molar-refractivity contribution in [3.63, 3.8) is 0 Å². The molecule has 1 aliphatic carbocycles.